The van der Waals surface area contributed by atoms with Crippen LogP contribution in [0.2, 0.25) is 0 Å². The van der Waals surface area contributed by atoms with Gasteiger partial charge < -0.3 is 15.7 Å². The Morgan fingerprint density at radius 3 is 2.81 bits per heavy atom. The minimum atomic E-state index is -0.415. The smallest absolute Gasteiger partial charge is 0.315 e. The number of nitrogens with one attached hydrogen (secondary N) is 2. The van der Waals surface area contributed by atoms with Crippen molar-refractivity contribution < 1.29 is 9.90 Å². The van der Waals surface area contributed by atoms with Crippen molar-refractivity contribution in [1.29, 1.82) is 0 Å². The molecule has 4 heteroatoms. The predicted octanol–water partition coefficient (Wildman–Crippen LogP) is 1.64. The first-order chi connectivity index (χ1) is 7.67. The summed E-state index contributed by atoms with van der Waals surface area (Å²) in [7, 11) is 0. The highest BCUT2D eigenvalue weighted by molar-refractivity contribution is 5.74. The number of carbonyl (C=O) groups excluding carboxylic acids is 1. The van der Waals surface area contributed by atoms with E-state index < -0.39 is 6.10 Å². The van der Waals surface area contributed by atoms with E-state index >= 15 is 0 Å². The molecule has 16 heavy (non-hydrogen) atoms. The number of amides is 2. The monoisotopic (exact) mass is 228 g/mol. The Morgan fingerprint density at radius 1 is 1.44 bits per heavy atom. The van der Waals surface area contributed by atoms with Crippen molar-refractivity contribution in [1.82, 2.24) is 10.6 Å². The molecule has 3 unspecified atom stereocenters. The van der Waals surface area contributed by atoms with E-state index in [1.54, 1.807) is 0 Å². The molecule has 0 saturated heterocycles. The molecule has 3 N–H and O–H groups in total. The van der Waals surface area contributed by atoms with Gasteiger partial charge in [-0.05, 0) is 25.2 Å². The van der Waals surface area contributed by atoms with Crippen LogP contribution in [0.15, 0.2) is 0 Å². The minimum absolute atomic E-state index is 0.140. The molecule has 0 heterocycles. The summed E-state index contributed by atoms with van der Waals surface area (Å²) < 4.78 is 0. The lowest BCUT2D eigenvalue weighted by Gasteiger charge is -2.11. The molecule has 1 aliphatic carbocycles. The first-order valence-electron chi connectivity index (χ1n) is 6.39. The maximum absolute atomic E-state index is 11.4. The summed E-state index contributed by atoms with van der Waals surface area (Å²) in [6.45, 7) is 4.53. The quantitative estimate of drug-likeness (QED) is 0.620. The van der Waals surface area contributed by atoms with Gasteiger partial charge in [0.1, 0.15) is 0 Å². The van der Waals surface area contributed by atoms with E-state index in [0.29, 0.717) is 18.5 Å². The second kappa shape index (κ2) is 6.74. The van der Waals surface area contributed by atoms with Gasteiger partial charge in [-0.2, -0.15) is 0 Å². The molecule has 0 aliphatic heterocycles. The zero-order valence-electron chi connectivity index (χ0n) is 10.3. The lowest BCUT2D eigenvalue weighted by atomic mass is 10.2. The molecule has 94 valence electrons. The molecule has 3 atom stereocenters. The lowest BCUT2D eigenvalue weighted by Crippen LogP contribution is -2.41. The van der Waals surface area contributed by atoms with Crippen LogP contribution in [0.3, 0.4) is 0 Å². The van der Waals surface area contributed by atoms with Crippen molar-refractivity contribution in [2.45, 2.75) is 58.1 Å². The third-order valence-electron chi connectivity index (χ3n) is 3.02. The number of rotatable bonds is 7. The number of hydrogen-bond acceptors (Lipinski definition) is 2. The SMILES string of the molecule is CCCC(O)CNC(=O)NC1CC1CCC. The van der Waals surface area contributed by atoms with E-state index in [-0.39, 0.29) is 6.03 Å². The van der Waals surface area contributed by atoms with Gasteiger partial charge in [0.2, 0.25) is 0 Å². The van der Waals surface area contributed by atoms with Gasteiger partial charge in [-0.25, -0.2) is 4.79 Å². The number of urea groups is 1. The molecular weight excluding hydrogens is 204 g/mol. The van der Waals surface area contributed by atoms with Gasteiger partial charge in [0.25, 0.3) is 0 Å². The van der Waals surface area contributed by atoms with Gasteiger partial charge >= 0.3 is 6.03 Å². The number of carbonyl (C=O) groups is 1. The average Bonchev–Trinajstić information content (AvgIpc) is 2.95. The number of hydrogen-bond donors (Lipinski definition) is 3. The summed E-state index contributed by atoms with van der Waals surface area (Å²) in [4.78, 5) is 11.4. The molecule has 1 aliphatic rings. The fraction of sp³-hybridized carbons (Fsp3) is 0.917. The highest BCUT2D eigenvalue weighted by Crippen LogP contribution is 2.34. The van der Waals surface area contributed by atoms with E-state index in [2.05, 4.69) is 17.6 Å². The lowest BCUT2D eigenvalue weighted by molar-refractivity contribution is 0.160. The van der Waals surface area contributed by atoms with Crippen LogP contribution in [-0.2, 0) is 0 Å². The number of aliphatic hydroxyl groups excluding tert-OH is 1. The highest BCUT2D eigenvalue weighted by atomic mass is 16.3. The molecule has 4 nitrogen and oxygen atoms in total. The summed E-state index contributed by atoms with van der Waals surface area (Å²) in [5.41, 5.74) is 0. The first-order valence-corrected chi connectivity index (χ1v) is 6.39. The summed E-state index contributed by atoms with van der Waals surface area (Å²) >= 11 is 0. The van der Waals surface area contributed by atoms with Gasteiger partial charge in [0, 0.05) is 12.6 Å². The normalized spacial score (nSPS) is 24.9. The van der Waals surface area contributed by atoms with Crippen LogP contribution in [-0.4, -0.2) is 29.8 Å². The van der Waals surface area contributed by atoms with Crippen LogP contribution < -0.4 is 10.6 Å². The molecule has 0 spiro atoms. The molecule has 0 aromatic carbocycles. The maximum Gasteiger partial charge on any atom is 0.315 e. The Labute approximate surface area is 97.8 Å². The van der Waals surface area contributed by atoms with Gasteiger partial charge in [-0.1, -0.05) is 26.7 Å². The Bertz CT molecular complexity index is 221. The standard InChI is InChI=1S/C12H24N2O2/c1-3-5-9-7-11(9)14-12(16)13-8-10(15)6-4-2/h9-11,15H,3-8H2,1-2H3,(H2,13,14,16). The Morgan fingerprint density at radius 2 is 2.19 bits per heavy atom. The molecule has 0 radical (unpaired) electrons. The first kappa shape index (κ1) is 13.3. The van der Waals surface area contributed by atoms with Gasteiger partial charge in [0.05, 0.1) is 6.10 Å². The zero-order valence-corrected chi connectivity index (χ0v) is 10.3. The van der Waals surface area contributed by atoms with Crippen molar-refractivity contribution >= 4 is 6.03 Å². The van der Waals surface area contributed by atoms with Crippen LogP contribution in [0.25, 0.3) is 0 Å². The van der Waals surface area contributed by atoms with Gasteiger partial charge in [-0.3, -0.25) is 0 Å². The van der Waals surface area contributed by atoms with Crippen molar-refractivity contribution in [2.75, 3.05) is 6.54 Å². The number of aliphatic hydroxyl groups is 1. The zero-order chi connectivity index (χ0) is 12.0. The van der Waals surface area contributed by atoms with Crippen molar-refractivity contribution in [3.8, 4) is 0 Å². The average molecular weight is 228 g/mol. The molecule has 0 aromatic heterocycles. The molecule has 1 rings (SSSR count). The van der Waals surface area contributed by atoms with Gasteiger partial charge in [0.15, 0.2) is 0 Å². The molecule has 2 amide bonds. The molecule has 1 fully saturated rings. The van der Waals surface area contributed by atoms with Crippen molar-refractivity contribution in [2.24, 2.45) is 5.92 Å². The molecular formula is C12H24N2O2. The van der Waals surface area contributed by atoms with Crippen molar-refractivity contribution in [3.05, 3.63) is 0 Å². The topological polar surface area (TPSA) is 61.4 Å². The van der Waals surface area contributed by atoms with Crippen LogP contribution in [0.1, 0.15) is 46.0 Å². The fourth-order valence-electron chi connectivity index (χ4n) is 1.98. The summed E-state index contributed by atoms with van der Waals surface area (Å²) in [5, 5.41) is 15.1. The molecule has 0 aromatic rings. The van der Waals surface area contributed by atoms with E-state index in [4.69, 9.17) is 0 Å². The summed E-state index contributed by atoms with van der Waals surface area (Å²) in [6.07, 6.45) is 4.75. The third-order valence-corrected chi connectivity index (χ3v) is 3.02. The van der Waals surface area contributed by atoms with Crippen LogP contribution >= 0.6 is 0 Å². The minimum Gasteiger partial charge on any atom is -0.391 e. The molecule has 1 saturated carbocycles. The largest absolute Gasteiger partial charge is 0.391 e. The van der Waals surface area contributed by atoms with Crippen LogP contribution in [0.5, 0.6) is 0 Å². The van der Waals surface area contributed by atoms with Crippen molar-refractivity contribution in [3.63, 3.8) is 0 Å². The maximum atomic E-state index is 11.4. The summed E-state index contributed by atoms with van der Waals surface area (Å²) in [5.74, 6) is 0.677. The summed E-state index contributed by atoms with van der Waals surface area (Å²) in [6, 6.07) is 0.224. The van der Waals surface area contributed by atoms with E-state index in [0.717, 1.165) is 19.3 Å². The fourth-order valence-corrected chi connectivity index (χ4v) is 1.98. The van der Waals surface area contributed by atoms with Crippen LogP contribution in [0, 0.1) is 5.92 Å². The molecule has 0 bridgehead atoms. The van der Waals surface area contributed by atoms with Gasteiger partial charge in [-0.15, -0.1) is 0 Å². The van der Waals surface area contributed by atoms with E-state index in [9.17, 15) is 9.90 Å². The second-order valence-electron chi connectivity index (χ2n) is 4.69. The third kappa shape index (κ3) is 4.84. The predicted molar refractivity (Wildman–Crippen MR) is 64.3 cm³/mol. The van der Waals surface area contributed by atoms with E-state index in [1.165, 1.54) is 12.8 Å². The Hall–Kier alpha value is -0.770. The Balaban J connectivity index is 2.04. The van der Waals surface area contributed by atoms with Crippen LogP contribution in [0.4, 0.5) is 4.79 Å². The Kier molecular flexibility index (Phi) is 5.60. The second-order valence-corrected chi connectivity index (χ2v) is 4.69. The highest BCUT2D eigenvalue weighted by Gasteiger charge is 2.37. The van der Waals surface area contributed by atoms with E-state index in [1.807, 2.05) is 6.92 Å².